The summed E-state index contributed by atoms with van der Waals surface area (Å²) in [5.74, 6) is 4.93. The Labute approximate surface area is 84.8 Å². The highest BCUT2D eigenvalue weighted by Gasteiger charge is 2.21. The minimum atomic E-state index is -0.104. The highest BCUT2D eigenvalue weighted by atomic mass is 16.2. The summed E-state index contributed by atoms with van der Waals surface area (Å²) >= 11 is 0. The highest BCUT2D eigenvalue weighted by Crippen LogP contribution is 2.13. The molecule has 1 fully saturated rings. The maximum Gasteiger partial charge on any atom is 0.235 e. The molecule has 1 saturated heterocycles. The maximum absolute atomic E-state index is 11.0. The number of carbonyl (C=O) groups excluding carboxylic acids is 1. The minimum absolute atomic E-state index is 0.104. The van der Waals surface area contributed by atoms with Gasteiger partial charge in [0.25, 0.3) is 0 Å². The van der Waals surface area contributed by atoms with Gasteiger partial charge < -0.3 is 10.6 Å². The lowest BCUT2D eigenvalue weighted by Gasteiger charge is -2.34. The zero-order valence-corrected chi connectivity index (χ0v) is 8.70. The van der Waals surface area contributed by atoms with Crippen LogP contribution in [0.15, 0.2) is 0 Å². The van der Waals surface area contributed by atoms with Crippen LogP contribution in [0, 0.1) is 0 Å². The Morgan fingerprint density at radius 3 is 2.64 bits per heavy atom. The molecule has 14 heavy (non-hydrogen) atoms. The lowest BCUT2D eigenvalue weighted by atomic mass is 10.0. The number of carbonyl (C=O) groups is 1. The number of likely N-dealkylation sites (tertiary alicyclic amines) is 1. The van der Waals surface area contributed by atoms with Crippen LogP contribution in [0.2, 0.25) is 0 Å². The lowest BCUT2D eigenvalue weighted by Crippen LogP contribution is -2.46. The van der Waals surface area contributed by atoms with Gasteiger partial charge in [0, 0.05) is 18.5 Å². The van der Waals surface area contributed by atoms with Crippen molar-refractivity contribution in [2.75, 3.05) is 13.1 Å². The van der Waals surface area contributed by atoms with Gasteiger partial charge in [0.1, 0.15) is 0 Å². The average molecular weight is 200 g/mol. The van der Waals surface area contributed by atoms with Crippen LogP contribution in [0.3, 0.4) is 0 Å². The summed E-state index contributed by atoms with van der Waals surface area (Å²) in [5, 5.41) is 0. The van der Waals surface area contributed by atoms with Gasteiger partial charge in [0.15, 0.2) is 0 Å². The van der Waals surface area contributed by atoms with Gasteiger partial charge in [-0.3, -0.25) is 10.2 Å². The van der Waals surface area contributed by atoms with Gasteiger partial charge in [-0.25, -0.2) is 5.84 Å². The van der Waals surface area contributed by atoms with Crippen molar-refractivity contribution in [3.63, 3.8) is 0 Å². The third-order valence-electron chi connectivity index (χ3n) is 2.84. The number of nitrogens with zero attached hydrogens (tertiary/aromatic N) is 1. The van der Waals surface area contributed by atoms with Crippen molar-refractivity contribution >= 4 is 5.91 Å². The van der Waals surface area contributed by atoms with Crippen LogP contribution < -0.4 is 17.0 Å². The molecule has 0 spiro atoms. The van der Waals surface area contributed by atoms with Crippen LogP contribution in [-0.4, -0.2) is 36.0 Å². The molecule has 5 nitrogen and oxygen atoms in total. The van der Waals surface area contributed by atoms with E-state index in [1.165, 1.54) is 0 Å². The van der Waals surface area contributed by atoms with Gasteiger partial charge in [-0.2, -0.15) is 0 Å². The summed E-state index contributed by atoms with van der Waals surface area (Å²) in [5.41, 5.74) is 7.95. The van der Waals surface area contributed by atoms with Crippen molar-refractivity contribution in [3.8, 4) is 0 Å². The molecule has 1 amide bonds. The SMILES string of the molecule is CC(CC(=O)NN)N1CCC(N)CC1. The molecule has 0 aromatic heterocycles. The minimum Gasteiger partial charge on any atom is -0.328 e. The van der Waals surface area contributed by atoms with Crippen LogP contribution in [0.25, 0.3) is 0 Å². The second kappa shape index (κ2) is 5.29. The van der Waals surface area contributed by atoms with E-state index in [0.717, 1.165) is 25.9 Å². The zero-order valence-electron chi connectivity index (χ0n) is 8.70. The number of nitrogens with two attached hydrogens (primary N) is 2. The molecule has 0 bridgehead atoms. The van der Waals surface area contributed by atoms with E-state index in [-0.39, 0.29) is 11.9 Å². The van der Waals surface area contributed by atoms with Crippen molar-refractivity contribution in [2.45, 2.75) is 38.3 Å². The van der Waals surface area contributed by atoms with Crippen LogP contribution >= 0.6 is 0 Å². The number of rotatable bonds is 3. The molecule has 5 N–H and O–H groups in total. The third kappa shape index (κ3) is 3.25. The number of amides is 1. The van der Waals surface area contributed by atoms with E-state index in [1.807, 2.05) is 6.92 Å². The molecular formula is C9H20N4O. The summed E-state index contributed by atoms with van der Waals surface area (Å²) in [4.78, 5) is 13.3. The Bertz CT molecular complexity index is 189. The number of hydrogen-bond acceptors (Lipinski definition) is 4. The number of piperidine rings is 1. The summed E-state index contributed by atoms with van der Waals surface area (Å²) in [6.07, 6.45) is 2.51. The fourth-order valence-electron chi connectivity index (χ4n) is 1.82. The Kier molecular flexibility index (Phi) is 4.31. The van der Waals surface area contributed by atoms with E-state index in [2.05, 4.69) is 10.3 Å². The Morgan fingerprint density at radius 2 is 2.14 bits per heavy atom. The first-order valence-electron chi connectivity index (χ1n) is 5.12. The van der Waals surface area contributed by atoms with E-state index in [0.29, 0.717) is 12.5 Å². The molecule has 5 heteroatoms. The molecule has 0 aromatic carbocycles. The zero-order chi connectivity index (χ0) is 10.6. The van der Waals surface area contributed by atoms with E-state index >= 15 is 0 Å². The molecule has 1 rings (SSSR count). The van der Waals surface area contributed by atoms with Crippen LogP contribution in [0.5, 0.6) is 0 Å². The van der Waals surface area contributed by atoms with Crippen LogP contribution in [0.1, 0.15) is 26.2 Å². The predicted molar refractivity (Wildman–Crippen MR) is 55.2 cm³/mol. The molecule has 0 saturated carbocycles. The van der Waals surface area contributed by atoms with E-state index in [4.69, 9.17) is 11.6 Å². The van der Waals surface area contributed by atoms with E-state index < -0.39 is 0 Å². The molecule has 1 aliphatic heterocycles. The first kappa shape index (κ1) is 11.4. The number of hydrazine groups is 1. The van der Waals surface area contributed by atoms with Crippen LogP contribution in [-0.2, 0) is 4.79 Å². The van der Waals surface area contributed by atoms with Gasteiger partial charge in [-0.1, -0.05) is 0 Å². The molecular weight excluding hydrogens is 180 g/mol. The molecule has 82 valence electrons. The van der Waals surface area contributed by atoms with Gasteiger partial charge >= 0.3 is 0 Å². The molecule has 0 aromatic rings. The monoisotopic (exact) mass is 200 g/mol. The van der Waals surface area contributed by atoms with Gasteiger partial charge in [-0.15, -0.1) is 0 Å². The Morgan fingerprint density at radius 1 is 1.57 bits per heavy atom. The van der Waals surface area contributed by atoms with Gasteiger partial charge in [-0.05, 0) is 32.9 Å². The summed E-state index contributed by atoms with van der Waals surface area (Å²) in [7, 11) is 0. The van der Waals surface area contributed by atoms with Crippen molar-refractivity contribution in [2.24, 2.45) is 11.6 Å². The average Bonchev–Trinajstić information content (AvgIpc) is 2.18. The standard InChI is InChI=1S/C9H20N4O/c1-7(6-9(14)12-11)13-4-2-8(10)3-5-13/h7-8H,2-6,10-11H2,1H3,(H,12,14). The molecule has 0 aliphatic carbocycles. The number of hydrogen-bond donors (Lipinski definition) is 3. The van der Waals surface area contributed by atoms with Crippen LogP contribution in [0.4, 0.5) is 0 Å². The predicted octanol–water partition coefficient (Wildman–Crippen LogP) is -0.822. The van der Waals surface area contributed by atoms with Crippen molar-refractivity contribution in [1.29, 1.82) is 0 Å². The number of nitrogens with one attached hydrogen (secondary N) is 1. The fourth-order valence-corrected chi connectivity index (χ4v) is 1.82. The van der Waals surface area contributed by atoms with Crippen molar-refractivity contribution < 1.29 is 4.79 Å². The maximum atomic E-state index is 11.0. The normalized spacial score (nSPS) is 21.9. The van der Waals surface area contributed by atoms with E-state index in [9.17, 15) is 4.79 Å². The second-order valence-corrected chi connectivity index (χ2v) is 3.99. The smallest absolute Gasteiger partial charge is 0.235 e. The Balaban J connectivity index is 2.30. The largest absolute Gasteiger partial charge is 0.328 e. The van der Waals surface area contributed by atoms with E-state index in [1.54, 1.807) is 0 Å². The molecule has 1 heterocycles. The molecule has 1 aliphatic rings. The summed E-state index contributed by atoms with van der Waals surface area (Å²) in [6.45, 7) is 4.02. The Hall–Kier alpha value is -0.650. The summed E-state index contributed by atoms with van der Waals surface area (Å²) in [6, 6.07) is 0.591. The quantitative estimate of drug-likeness (QED) is 0.316. The summed E-state index contributed by atoms with van der Waals surface area (Å²) < 4.78 is 0. The molecule has 0 radical (unpaired) electrons. The fraction of sp³-hybridized carbons (Fsp3) is 0.889. The molecule has 1 unspecified atom stereocenters. The van der Waals surface area contributed by atoms with Crippen molar-refractivity contribution in [1.82, 2.24) is 10.3 Å². The van der Waals surface area contributed by atoms with Crippen molar-refractivity contribution in [3.05, 3.63) is 0 Å². The third-order valence-corrected chi connectivity index (χ3v) is 2.84. The topological polar surface area (TPSA) is 84.4 Å². The van der Waals surface area contributed by atoms with Gasteiger partial charge in [0.05, 0.1) is 0 Å². The molecule has 1 atom stereocenters. The second-order valence-electron chi connectivity index (χ2n) is 3.99. The van der Waals surface area contributed by atoms with Gasteiger partial charge in [0.2, 0.25) is 5.91 Å². The lowest BCUT2D eigenvalue weighted by molar-refractivity contribution is -0.122. The highest BCUT2D eigenvalue weighted by molar-refractivity contribution is 5.75. The first-order valence-corrected chi connectivity index (χ1v) is 5.12. The first-order chi connectivity index (χ1) is 6.63.